The van der Waals surface area contributed by atoms with Gasteiger partial charge in [0, 0.05) is 6.07 Å². The maximum atomic E-state index is 13.3. The predicted molar refractivity (Wildman–Crippen MR) is 75.3 cm³/mol. The number of thiophene rings is 1. The molecule has 0 saturated carbocycles. The Morgan fingerprint density at radius 3 is 2.68 bits per heavy atom. The van der Waals surface area contributed by atoms with Gasteiger partial charge in [0.1, 0.15) is 15.9 Å². The van der Waals surface area contributed by atoms with Crippen molar-refractivity contribution in [2.75, 3.05) is 6.61 Å². The molecule has 0 atom stereocenters. The smallest absolute Gasteiger partial charge is 0.202 e. The maximum absolute atomic E-state index is 13.3. The van der Waals surface area contributed by atoms with Crippen LogP contribution in [0, 0.1) is 12.7 Å². The van der Waals surface area contributed by atoms with Gasteiger partial charge in [-0.1, -0.05) is 29.3 Å². The van der Waals surface area contributed by atoms with Crippen molar-refractivity contribution < 1.29 is 13.9 Å². The second-order valence-electron chi connectivity index (χ2n) is 3.86. The van der Waals surface area contributed by atoms with Crippen molar-refractivity contribution in [3.8, 4) is 5.75 Å². The minimum atomic E-state index is -0.374. The van der Waals surface area contributed by atoms with Crippen molar-refractivity contribution >= 4 is 40.3 Å². The standard InChI is InChI=1S/C13H9Cl2FO2S/c1-7-2-3-8(4-10(7)16)18-6-11(17)9-5-12(14)19-13(9)15/h2-5H,6H2,1H3. The molecule has 1 aromatic carbocycles. The van der Waals surface area contributed by atoms with Crippen molar-refractivity contribution in [3.05, 3.63) is 49.9 Å². The third-order valence-corrected chi connectivity index (χ3v) is 3.96. The maximum Gasteiger partial charge on any atom is 0.202 e. The highest BCUT2D eigenvalue weighted by Crippen LogP contribution is 2.31. The number of halogens is 3. The average molecular weight is 319 g/mol. The zero-order valence-electron chi connectivity index (χ0n) is 9.88. The minimum Gasteiger partial charge on any atom is -0.485 e. The number of ether oxygens (including phenoxy) is 1. The van der Waals surface area contributed by atoms with Gasteiger partial charge in [-0.15, -0.1) is 11.3 Å². The summed E-state index contributed by atoms with van der Waals surface area (Å²) in [5, 5.41) is 0. The Labute approximate surface area is 123 Å². The van der Waals surface area contributed by atoms with E-state index in [1.807, 2.05) is 0 Å². The van der Waals surface area contributed by atoms with E-state index in [4.69, 9.17) is 27.9 Å². The summed E-state index contributed by atoms with van der Waals surface area (Å²) in [5.74, 6) is -0.371. The van der Waals surface area contributed by atoms with Crippen molar-refractivity contribution in [1.82, 2.24) is 0 Å². The summed E-state index contributed by atoms with van der Waals surface area (Å²) in [6.45, 7) is 1.44. The van der Waals surface area contributed by atoms with E-state index in [0.29, 0.717) is 25.5 Å². The molecule has 0 radical (unpaired) electrons. The van der Waals surface area contributed by atoms with E-state index in [-0.39, 0.29) is 18.2 Å². The number of carbonyl (C=O) groups is 1. The summed E-state index contributed by atoms with van der Waals surface area (Å²) in [6, 6.07) is 5.93. The third kappa shape index (κ3) is 3.47. The highest BCUT2D eigenvalue weighted by molar-refractivity contribution is 7.20. The van der Waals surface area contributed by atoms with E-state index in [0.717, 1.165) is 11.3 Å². The molecule has 1 heterocycles. The average Bonchev–Trinajstić information content (AvgIpc) is 2.70. The summed E-state index contributed by atoms with van der Waals surface area (Å²) in [5.41, 5.74) is 0.843. The molecular weight excluding hydrogens is 310 g/mol. The third-order valence-electron chi connectivity index (χ3n) is 2.47. The van der Waals surface area contributed by atoms with E-state index in [9.17, 15) is 9.18 Å². The van der Waals surface area contributed by atoms with E-state index in [1.54, 1.807) is 19.1 Å². The summed E-state index contributed by atoms with van der Waals surface area (Å²) in [4.78, 5) is 11.8. The second kappa shape index (κ2) is 5.90. The molecule has 1 aromatic heterocycles. The number of rotatable bonds is 4. The predicted octanol–water partition coefficient (Wildman–Crippen LogP) is 4.76. The first kappa shape index (κ1) is 14.3. The Bertz CT molecular complexity index is 625. The molecule has 2 rings (SSSR count). The zero-order chi connectivity index (χ0) is 14.0. The van der Waals surface area contributed by atoms with Gasteiger partial charge in [-0.25, -0.2) is 4.39 Å². The summed E-state index contributed by atoms with van der Waals surface area (Å²) >= 11 is 12.7. The highest BCUT2D eigenvalue weighted by Gasteiger charge is 2.15. The first-order valence-corrected chi connectivity index (χ1v) is 6.91. The van der Waals surface area contributed by atoms with Crippen LogP contribution in [0.2, 0.25) is 8.67 Å². The van der Waals surface area contributed by atoms with Crippen molar-refractivity contribution in [1.29, 1.82) is 0 Å². The lowest BCUT2D eigenvalue weighted by atomic mass is 10.2. The fraction of sp³-hybridized carbons (Fsp3) is 0.154. The lowest BCUT2D eigenvalue weighted by molar-refractivity contribution is 0.0922. The van der Waals surface area contributed by atoms with Gasteiger partial charge in [0.25, 0.3) is 0 Å². The molecule has 0 aliphatic heterocycles. The van der Waals surface area contributed by atoms with Crippen LogP contribution in [0.15, 0.2) is 24.3 Å². The summed E-state index contributed by atoms with van der Waals surface area (Å²) in [7, 11) is 0. The molecule has 6 heteroatoms. The van der Waals surface area contributed by atoms with E-state index < -0.39 is 0 Å². The molecular formula is C13H9Cl2FO2S. The molecule has 0 spiro atoms. The summed E-state index contributed by atoms with van der Waals surface area (Å²) < 4.78 is 19.3. The number of aryl methyl sites for hydroxylation is 1. The van der Waals surface area contributed by atoms with Gasteiger partial charge in [0.2, 0.25) is 5.78 Å². The van der Waals surface area contributed by atoms with Crippen LogP contribution in [0.25, 0.3) is 0 Å². The van der Waals surface area contributed by atoms with Crippen LogP contribution in [0.3, 0.4) is 0 Å². The van der Waals surface area contributed by atoms with Crippen molar-refractivity contribution in [3.63, 3.8) is 0 Å². The van der Waals surface area contributed by atoms with Gasteiger partial charge in [-0.05, 0) is 24.6 Å². The Balaban J connectivity index is 2.04. The highest BCUT2D eigenvalue weighted by atomic mass is 35.5. The molecule has 0 bridgehead atoms. The second-order valence-corrected chi connectivity index (χ2v) is 6.15. The van der Waals surface area contributed by atoms with Crippen molar-refractivity contribution in [2.45, 2.75) is 6.92 Å². The minimum absolute atomic E-state index is 0.213. The van der Waals surface area contributed by atoms with Crippen LogP contribution >= 0.6 is 34.5 Å². The molecule has 2 aromatic rings. The Morgan fingerprint density at radius 2 is 2.11 bits per heavy atom. The summed E-state index contributed by atoms with van der Waals surface area (Å²) in [6.07, 6.45) is 0. The zero-order valence-corrected chi connectivity index (χ0v) is 12.2. The molecule has 0 aliphatic rings. The number of carbonyl (C=O) groups excluding carboxylic acids is 1. The van der Waals surface area contributed by atoms with Gasteiger partial charge < -0.3 is 4.74 Å². The molecule has 0 aliphatic carbocycles. The number of Topliss-reactive ketones (excluding diaryl/α,β-unsaturated/α-hetero) is 1. The first-order valence-electron chi connectivity index (χ1n) is 5.34. The van der Waals surface area contributed by atoms with Crippen molar-refractivity contribution in [2.24, 2.45) is 0 Å². The first-order chi connectivity index (χ1) is 8.97. The SMILES string of the molecule is Cc1ccc(OCC(=O)c2cc(Cl)sc2Cl)cc1F. The van der Waals surface area contributed by atoms with E-state index in [1.165, 1.54) is 12.1 Å². The Hall–Kier alpha value is -1.10. The molecule has 2 nitrogen and oxygen atoms in total. The normalized spacial score (nSPS) is 10.5. The van der Waals surface area contributed by atoms with E-state index >= 15 is 0 Å². The number of hydrogen-bond acceptors (Lipinski definition) is 3. The van der Waals surface area contributed by atoms with Gasteiger partial charge in [0.05, 0.1) is 9.90 Å². The quantitative estimate of drug-likeness (QED) is 0.759. The molecule has 0 amide bonds. The lowest BCUT2D eigenvalue weighted by Crippen LogP contribution is -2.11. The molecule has 0 N–H and O–H groups in total. The fourth-order valence-corrected chi connectivity index (χ4v) is 2.92. The Kier molecular flexibility index (Phi) is 4.45. The topological polar surface area (TPSA) is 26.3 Å². The molecule has 0 saturated heterocycles. The van der Waals surface area contributed by atoms with Crippen LogP contribution in [0.1, 0.15) is 15.9 Å². The Morgan fingerprint density at radius 1 is 1.37 bits per heavy atom. The van der Waals surface area contributed by atoms with Crippen LogP contribution in [-0.4, -0.2) is 12.4 Å². The largest absolute Gasteiger partial charge is 0.485 e. The van der Waals surface area contributed by atoms with Gasteiger partial charge >= 0.3 is 0 Å². The van der Waals surface area contributed by atoms with E-state index in [2.05, 4.69) is 0 Å². The van der Waals surface area contributed by atoms with Crippen LogP contribution < -0.4 is 4.74 Å². The molecule has 0 unspecified atom stereocenters. The molecule has 19 heavy (non-hydrogen) atoms. The number of benzene rings is 1. The van der Waals surface area contributed by atoms with Gasteiger partial charge in [0.15, 0.2) is 6.61 Å². The van der Waals surface area contributed by atoms with Gasteiger partial charge in [-0.2, -0.15) is 0 Å². The fourth-order valence-electron chi connectivity index (χ4n) is 1.42. The monoisotopic (exact) mass is 318 g/mol. The molecule has 0 fully saturated rings. The van der Waals surface area contributed by atoms with Crippen LogP contribution in [-0.2, 0) is 0 Å². The molecule has 100 valence electrons. The van der Waals surface area contributed by atoms with Crippen LogP contribution in [0.5, 0.6) is 5.75 Å². The lowest BCUT2D eigenvalue weighted by Gasteiger charge is -2.06. The number of hydrogen-bond donors (Lipinski definition) is 0. The van der Waals surface area contributed by atoms with Gasteiger partial charge in [-0.3, -0.25) is 4.79 Å². The number of ketones is 1. The van der Waals surface area contributed by atoms with Crippen LogP contribution in [0.4, 0.5) is 4.39 Å².